The van der Waals surface area contributed by atoms with Gasteiger partial charge in [0.05, 0.1) is 19.9 Å². The van der Waals surface area contributed by atoms with Gasteiger partial charge in [0.2, 0.25) is 0 Å². The van der Waals surface area contributed by atoms with E-state index in [0.29, 0.717) is 15.3 Å². The molecule has 0 radical (unpaired) electrons. The Kier molecular flexibility index (Phi) is 10.2. The lowest BCUT2D eigenvalue weighted by Gasteiger charge is -2.21. The number of hydrogen-bond acceptors (Lipinski definition) is 6. The average molecular weight is 489 g/mol. The molecule has 0 heterocycles. The predicted octanol–water partition coefficient (Wildman–Crippen LogP) is 8.03. The van der Waals surface area contributed by atoms with Crippen molar-refractivity contribution in [2.45, 2.75) is 54.1 Å². The van der Waals surface area contributed by atoms with Crippen LogP contribution >= 0.6 is 46.7 Å². The van der Waals surface area contributed by atoms with E-state index in [-0.39, 0.29) is 11.4 Å². The van der Waals surface area contributed by atoms with Gasteiger partial charge in [-0.05, 0) is 30.7 Å². The van der Waals surface area contributed by atoms with Crippen LogP contribution in [0.3, 0.4) is 0 Å². The zero-order valence-corrected chi connectivity index (χ0v) is 19.5. The Morgan fingerprint density at radius 3 is 1.83 bits per heavy atom. The highest BCUT2D eigenvalue weighted by molar-refractivity contribution is 8.00. The molecule has 0 saturated heterocycles. The Bertz CT molecular complexity index is 893. The lowest BCUT2D eigenvalue weighted by Crippen LogP contribution is -2.07. The lowest BCUT2D eigenvalue weighted by atomic mass is 10.0. The first-order valence-electron chi connectivity index (χ1n) is 9.49. The minimum absolute atomic E-state index is 0.0328. The van der Waals surface area contributed by atoms with Crippen LogP contribution in [0.25, 0.3) is 0 Å². The fourth-order valence-corrected chi connectivity index (χ4v) is 5.50. The van der Waals surface area contributed by atoms with Crippen LogP contribution in [0.2, 0.25) is 10.0 Å². The van der Waals surface area contributed by atoms with E-state index < -0.39 is 9.85 Å². The summed E-state index contributed by atoms with van der Waals surface area (Å²) >= 11 is 15.2. The fraction of sp³-hybridized carbons (Fsp3) is 0.400. The molecule has 0 spiro atoms. The summed E-state index contributed by atoms with van der Waals surface area (Å²) < 4.78 is 0. The third-order valence-corrected chi connectivity index (χ3v) is 7.62. The zero-order valence-electron chi connectivity index (χ0n) is 16.4. The van der Waals surface area contributed by atoms with Crippen LogP contribution in [-0.4, -0.2) is 20.8 Å². The van der Waals surface area contributed by atoms with Gasteiger partial charge in [0.25, 0.3) is 11.4 Å². The van der Waals surface area contributed by atoms with Crippen LogP contribution in [0.5, 0.6) is 0 Å². The number of nitro groups is 2. The molecule has 2 aromatic carbocycles. The van der Waals surface area contributed by atoms with Crippen molar-refractivity contribution in [3.8, 4) is 0 Å². The standard InChI is InChI=1S/C12H14ClNO2S.C8H8ClNO2S/c13-11-8-9(14(15)16)6-7-12(11)17-10-4-2-1-3-5-10;1-2-13-8-4-3-6(10(11)12)5-7(8)9/h6-8,10H,1-5H2;3-5H,2H2,1H3. The van der Waals surface area contributed by atoms with E-state index in [1.807, 2.05) is 6.92 Å². The summed E-state index contributed by atoms with van der Waals surface area (Å²) in [5.74, 6) is 0.900. The van der Waals surface area contributed by atoms with Crippen molar-refractivity contribution < 1.29 is 9.85 Å². The molecule has 3 rings (SSSR count). The van der Waals surface area contributed by atoms with E-state index in [2.05, 4.69) is 0 Å². The Hall–Kier alpha value is -1.48. The summed E-state index contributed by atoms with van der Waals surface area (Å²) in [6.07, 6.45) is 6.32. The first-order chi connectivity index (χ1) is 14.3. The molecule has 1 aliphatic rings. The minimum Gasteiger partial charge on any atom is -0.258 e. The van der Waals surface area contributed by atoms with Gasteiger partial charge in [-0.3, -0.25) is 20.2 Å². The molecule has 0 aliphatic heterocycles. The molecule has 1 fully saturated rings. The SMILES string of the molecule is CCSc1ccc([N+](=O)[O-])cc1Cl.O=[N+]([O-])c1ccc(SC2CCCCC2)c(Cl)c1. The van der Waals surface area contributed by atoms with E-state index in [1.54, 1.807) is 35.7 Å². The minimum atomic E-state index is -0.452. The maximum atomic E-state index is 10.6. The number of hydrogen-bond donors (Lipinski definition) is 0. The van der Waals surface area contributed by atoms with Gasteiger partial charge in [-0.1, -0.05) is 49.4 Å². The second kappa shape index (κ2) is 12.4. The van der Waals surface area contributed by atoms with Crippen molar-refractivity contribution >= 4 is 58.1 Å². The molecule has 0 bridgehead atoms. The molecule has 0 aromatic heterocycles. The number of rotatable bonds is 6. The normalized spacial score (nSPS) is 14.0. The van der Waals surface area contributed by atoms with Crippen LogP contribution in [0.4, 0.5) is 11.4 Å². The van der Waals surface area contributed by atoms with Crippen molar-refractivity contribution in [1.29, 1.82) is 0 Å². The first kappa shape index (κ1) is 24.8. The highest BCUT2D eigenvalue weighted by Gasteiger charge is 2.17. The summed E-state index contributed by atoms with van der Waals surface area (Å²) in [4.78, 5) is 21.9. The van der Waals surface area contributed by atoms with Gasteiger partial charge in [-0.2, -0.15) is 0 Å². The summed E-state index contributed by atoms with van der Waals surface area (Å²) in [7, 11) is 0. The Morgan fingerprint density at radius 1 is 0.900 bits per heavy atom. The van der Waals surface area contributed by atoms with Crippen LogP contribution in [0, 0.1) is 20.2 Å². The first-order valence-corrected chi connectivity index (χ1v) is 12.1. The summed E-state index contributed by atoms with van der Waals surface area (Å²) in [6, 6.07) is 9.24. The lowest BCUT2D eigenvalue weighted by molar-refractivity contribution is -0.385. The van der Waals surface area contributed by atoms with E-state index in [1.165, 1.54) is 56.4 Å². The summed E-state index contributed by atoms with van der Waals surface area (Å²) in [6.45, 7) is 2.00. The summed E-state index contributed by atoms with van der Waals surface area (Å²) in [5.41, 5.74) is 0.0912. The van der Waals surface area contributed by atoms with Crippen molar-refractivity contribution in [3.05, 3.63) is 66.7 Å². The van der Waals surface area contributed by atoms with E-state index in [4.69, 9.17) is 23.2 Å². The van der Waals surface area contributed by atoms with Crippen LogP contribution in [-0.2, 0) is 0 Å². The molecule has 6 nitrogen and oxygen atoms in total. The molecule has 162 valence electrons. The fourth-order valence-electron chi connectivity index (χ4n) is 2.94. The van der Waals surface area contributed by atoms with Gasteiger partial charge in [0, 0.05) is 39.3 Å². The Labute approximate surface area is 194 Å². The van der Waals surface area contributed by atoms with E-state index in [0.717, 1.165) is 15.5 Å². The van der Waals surface area contributed by atoms with Crippen LogP contribution in [0.15, 0.2) is 46.2 Å². The van der Waals surface area contributed by atoms with Crippen molar-refractivity contribution in [2.75, 3.05) is 5.75 Å². The number of nitrogens with zero attached hydrogens (tertiary/aromatic N) is 2. The zero-order chi connectivity index (χ0) is 22.1. The smallest absolute Gasteiger partial charge is 0.258 e. The van der Waals surface area contributed by atoms with Gasteiger partial charge in [0.15, 0.2) is 0 Å². The monoisotopic (exact) mass is 488 g/mol. The number of benzene rings is 2. The highest BCUT2D eigenvalue weighted by Crippen LogP contribution is 2.38. The third kappa shape index (κ3) is 7.65. The quantitative estimate of drug-likeness (QED) is 0.232. The Morgan fingerprint density at radius 2 is 1.40 bits per heavy atom. The van der Waals surface area contributed by atoms with Crippen molar-refractivity contribution in [2.24, 2.45) is 0 Å². The van der Waals surface area contributed by atoms with Crippen molar-refractivity contribution in [3.63, 3.8) is 0 Å². The molecular weight excluding hydrogens is 467 g/mol. The maximum Gasteiger partial charge on any atom is 0.270 e. The molecule has 0 amide bonds. The van der Waals surface area contributed by atoms with Crippen molar-refractivity contribution in [1.82, 2.24) is 0 Å². The highest BCUT2D eigenvalue weighted by atomic mass is 35.5. The average Bonchev–Trinajstić information content (AvgIpc) is 2.72. The number of nitro benzene ring substituents is 2. The molecule has 2 aromatic rings. The molecule has 30 heavy (non-hydrogen) atoms. The predicted molar refractivity (Wildman–Crippen MR) is 125 cm³/mol. The van der Waals surface area contributed by atoms with Gasteiger partial charge in [-0.25, -0.2) is 0 Å². The topological polar surface area (TPSA) is 86.3 Å². The molecule has 1 saturated carbocycles. The third-order valence-electron chi connectivity index (χ3n) is 4.40. The Balaban J connectivity index is 0.000000222. The molecule has 0 atom stereocenters. The van der Waals surface area contributed by atoms with Gasteiger partial charge in [-0.15, -0.1) is 23.5 Å². The second-order valence-corrected chi connectivity index (χ2v) is 10.0. The molecule has 1 aliphatic carbocycles. The van der Waals surface area contributed by atoms with E-state index in [9.17, 15) is 20.2 Å². The molecule has 0 N–H and O–H groups in total. The largest absolute Gasteiger partial charge is 0.270 e. The summed E-state index contributed by atoms with van der Waals surface area (Å²) in [5, 5.41) is 22.5. The number of thioether (sulfide) groups is 2. The van der Waals surface area contributed by atoms with Gasteiger partial charge < -0.3 is 0 Å². The molecule has 0 unspecified atom stereocenters. The van der Waals surface area contributed by atoms with Crippen LogP contribution < -0.4 is 0 Å². The molecule has 10 heteroatoms. The second-order valence-electron chi connectivity index (χ2n) is 6.55. The van der Waals surface area contributed by atoms with Gasteiger partial charge in [0.1, 0.15) is 0 Å². The number of non-ortho nitro benzene ring substituents is 2. The number of halogens is 2. The van der Waals surface area contributed by atoms with Gasteiger partial charge >= 0.3 is 0 Å². The van der Waals surface area contributed by atoms with Crippen LogP contribution in [0.1, 0.15) is 39.0 Å². The maximum absolute atomic E-state index is 10.6. The van der Waals surface area contributed by atoms with E-state index >= 15 is 0 Å². The molecular formula is C20H22Cl2N2O4S2.